The molecule has 0 spiro atoms. The van der Waals surface area contributed by atoms with Gasteiger partial charge in [-0.05, 0) is 127 Å². The molecule has 0 heterocycles. The highest BCUT2D eigenvalue weighted by Gasteiger charge is 2.30. The van der Waals surface area contributed by atoms with Gasteiger partial charge in [0.2, 0.25) is 23.6 Å². The minimum atomic E-state index is -1.28. The largest absolute Gasteiger partial charge is 0.459 e. The molecule has 2 atom stereocenters. The maximum atomic E-state index is 14.8. The van der Waals surface area contributed by atoms with Crippen LogP contribution < -0.4 is 31.9 Å². The molecule has 0 saturated carbocycles. The molecule has 22 nitrogen and oxygen atoms in total. The fourth-order valence-corrected chi connectivity index (χ4v) is 9.86. The smallest absolute Gasteiger partial charge is 0.407 e. The second-order valence-electron chi connectivity index (χ2n) is 22.8. The van der Waals surface area contributed by atoms with Crippen molar-refractivity contribution in [3.63, 3.8) is 0 Å². The number of halogens is 2. The number of nitrogens with zero attached hydrogens (tertiary/aromatic N) is 2. The highest BCUT2D eigenvalue weighted by molar-refractivity contribution is 6.03. The van der Waals surface area contributed by atoms with Crippen LogP contribution in [-0.4, -0.2) is 134 Å². The van der Waals surface area contributed by atoms with Gasteiger partial charge in [0.15, 0.2) is 0 Å². The second kappa shape index (κ2) is 40.8. The van der Waals surface area contributed by atoms with Gasteiger partial charge in [0.1, 0.15) is 76.3 Å². The summed E-state index contributed by atoms with van der Waals surface area (Å²) in [5, 5.41) is 16.1. The number of alkyl carbamates (subject to hydrolysis) is 2. The lowest BCUT2D eigenvalue weighted by molar-refractivity contribution is -0.149. The Kier molecular flexibility index (Phi) is 30.9. The van der Waals surface area contributed by atoms with Crippen molar-refractivity contribution in [2.75, 3.05) is 52.4 Å². The number of hydrogen-bond acceptors (Lipinski definition) is 14. The highest BCUT2D eigenvalue weighted by Crippen LogP contribution is 2.16. The summed E-state index contributed by atoms with van der Waals surface area (Å²) in [6.07, 6.45) is 0.559. The molecule has 0 saturated heterocycles. The predicted molar refractivity (Wildman–Crippen MR) is 358 cm³/mol. The van der Waals surface area contributed by atoms with Crippen LogP contribution in [0.5, 0.6) is 0 Å². The molecule has 7 aromatic carbocycles. The molecule has 6 N–H and O–H groups in total. The van der Waals surface area contributed by atoms with Crippen molar-refractivity contribution < 1.29 is 75.7 Å². The summed E-state index contributed by atoms with van der Waals surface area (Å²) in [6, 6.07) is 49.7. The summed E-state index contributed by atoms with van der Waals surface area (Å²) in [4.78, 5) is 140. The van der Waals surface area contributed by atoms with Gasteiger partial charge in [-0.25, -0.2) is 28.0 Å². The van der Waals surface area contributed by atoms with E-state index >= 15 is 0 Å². The zero-order valence-electron chi connectivity index (χ0n) is 54.1. The Bertz CT molecular complexity index is 3470. The van der Waals surface area contributed by atoms with Crippen molar-refractivity contribution in [1.82, 2.24) is 41.7 Å². The fraction of sp³-hybridized carbons (Fsp3) is 0.297. The Hall–Kier alpha value is -11.3. The van der Waals surface area contributed by atoms with E-state index in [1.54, 1.807) is 84.9 Å². The third-order valence-electron chi connectivity index (χ3n) is 15.1. The van der Waals surface area contributed by atoms with Crippen LogP contribution >= 0.6 is 0 Å². The number of amides is 8. The van der Waals surface area contributed by atoms with Gasteiger partial charge in [0, 0.05) is 37.3 Å². The fourth-order valence-electron chi connectivity index (χ4n) is 9.86. The van der Waals surface area contributed by atoms with Crippen LogP contribution in [0.1, 0.15) is 92.6 Å². The first-order chi connectivity index (χ1) is 47.5. The molecule has 0 aliphatic rings. The molecule has 98 heavy (non-hydrogen) atoms. The lowest BCUT2D eigenvalue weighted by Crippen LogP contribution is -2.50. The number of carbonyl (C=O) groups excluding carboxylic acids is 10. The molecule has 0 unspecified atom stereocenters. The number of carbonyl (C=O) groups is 10. The molecule has 0 fully saturated rings. The first-order valence-electron chi connectivity index (χ1n) is 32.1. The van der Waals surface area contributed by atoms with Crippen LogP contribution in [0.3, 0.4) is 0 Å². The molecular formula is C74H80F2N8O14. The number of nitrogens with one attached hydrogen (secondary N) is 6. The van der Waals surface area contributed by atoms with Crippen LogP contribution in [-0.2, 0) is 87.0 Å². The topological polar surface area (TPSA) is 286 Å². The lowest BCUT2D eigenvalue weighted by atomic mass is 10.1. The molecular weight excluding hydrogens is 1260 g/mol. The summed E-state index contributed by atoms with van der Waals surface area (Å²) in [6.45, 7) is -2.82. The van der Waals surface area contributed by atoms with E-state index in [-0.39, 0.29) is 102 Å². The average Bonchev–Trinajstić information content (AvgIpc) is 0.844. The summed E-state index contributed by atoms with van der Waals surface area (Å²) in [5.41, 5.74) is 3.87. The van der Waals surface area contributed by atoms with Crippen LogP contribution in [0, 0.1) is 11.6 Å². The number of ether oxygens (including phenoxy) is 4. The van der Waals surface area contributed by atoms with Crippen molar-refractivity contribution in [3.05, 3.63) is 250 Å². The first kappa shape index (κ1) is 74.1. The highest BCUT2D eigenvalue weighted by atomic mass is 19.1. The Morgan fingerprint density at radius 3 is 1.01 bits per heavy atom. The molecule has 0 aliphatic heterocycles. The van der Waals surface area contributed by atoms with Gasteiger partial charge in [-0.15, -0.1) is 0 Å². The van der Waals surface area contributed by atoms with Gasteiger partial charge in [-0.2, -0.15) is 0 Å². The van der Waals surface area contributed by atoms with Gasteiger partial charge >= 0.3 is 24.1 Å². The van der Waals surface area contributed by atoms with Crippen molar-refractivity contribution in [2.24, 2.45) is 0 Å². The van der Waals surface area contributed by atoms with E-state index in [9.17, 15) is 56.7 Å². The number of rotatable bonds is 38. The van der Waals surface area contributed by atoms with Gasteiger partial charge in [0.25, 0.3) is 11.8 Å². The van der Waals surface area contributed by atoms with Crippen molar-refractivity contribution in [3.8, 4) is 0 Å². The maximum absolute atomic E-state index is 14.8. The second-order valence-corrected chi connectivity index (χ2v) is 22.8. The van der Waals surface area contributed by atoms with Crippen molar-refractivity contribution >= 4 is 59.6 Å². The Morgan fingerprint density at radius 2 is 0.663 bits per heavy atom. The minimum Gasteiger partial charge on any atom is -0.459 e. The lowest BCUT2D eigenvalue weighted by Gasteiger charge is -2.25. The predicted octanol–water partition coefficient (Wildman–Crippen LogP) is 8.22. The molecule has 0 bridgehead atoms. The van der Waals surface area contributed by atoms with Crippen LogP contribution in [0.15, 0.2) is 194 Å². The molecule has 0 aromatic heterocycles. The molecule has 0 aliphatic carbocycles. The van der Waals surface area contributed by atoms with Crippen molar-refractivity contribution in [1.29, 1.82) is 0 Å². The summed E-state index contributed by atoms with van der Waals surface area (Å²) >= 11 is 0. The summed E-state index contributed by atoms with van der Waals surface area (Å²) in [7, 11) is 0. The number of hydrogen-bond donors (Lipinski definition) is 6. The SMILES string of the molecule is O=C(CN(CC(=O)N[C@@H](CCCCNC(=O)OCc1ccccc1)C(=O)OCc1ccccc1)C(=O)c1cccc(C(=O)N(CC(=O)NCCc2ccc(F)cc2)CC(=O)N[C@@H](CCCCNC(=O)OCc2ccccc2)C(=O)OCc2ccccc2)c1)NCCc1ccc(F)cc1. The minimum absolute atomic E-state index is 0.0230. The Morgan fingerprint density at radius 1 is 0.337 bits per heavy atom. The monoisotopic (exact) mass is 1340 g/mol. The quantitative estimate of drug-likeness (QED) is 0.0121. The molecule has 7 rings (SSSR count). The van der Waals surface area contributed by atoms with E-state index in [1.807, 2.05) is 60.7 Å². The van der Waals surface area contributed by atoms with Crippen molar-refractivity contribution in [2.45, 2.75) is 89.9 Å². The molecule has 8 amide bonds. The zero-order valence-corrected chi connectivity index (χ0v) is 54.1. The number of unbranched alkanes of at least 4 members (excludes halogenated alkanes) is 2. The first-order valence-corrected chi connectivity index (χ1v) is 32.1. The molecule has 514 valence electrons. The van der Waals surface area contributed by atoms with E-state index in [4.69, 9.17) is 18.9 Å². The third kappa shape index (κ3) is 27.6. The van der Waals surface area contributed by atoms with Gasteiger partial charge in [0.05, 0.1) is 0 Å². The number of benzene rings is 7. The summed E-state index contributed by atoms with van der Waals surface area (Å²) in [5.74, 6) is -7.57. The number of esters is 2. The Labute approximate surface area is 567 Å². The third-order valence-corrected chi connectivity index (χ3v) is 15.1. The van der Waals surface area contributed by atoms with Gasteiger partial charge < -0.3 is 60.6 Å². The zero-order chi connectivity index (χ0) is 69.7. The molecule has 24 heteroatoms. The van der Waals surface area contributed by atoms with Crippen LogP contribution in [0.4, 0.5) is 18.4 Å². The average molecular weight is 1340 g/mol. The van der Waals surface area contributed by atoms with Gasteiger partial charge in [-0.1, -0.05) is 152 Å². The van der Waals surface area contributed by atoms with Gasteiger partial charge in [-0.3, -0.25) is 28.8 Å². The van der Waals surface area contributed by atoms with Crippen LogP contribution in [0.25, 0.3) is 0 Å². The Balaban J connectivity index is 1.07. The van der Waals surface area contributed by atoms with E-state index in [0.717, 1.165) is 27.0 Å². The standard InChI is InChI=1S/C74H80F2N8O14/c75-61-34-30-53(31-35-61)38-42-77-65(85)45-83(47-67(87)81-63(71(91)95-49-55-18-5-1-6-19-55)28-13-15-40-79-73(93)97-51-57-22-9-3-10-23-57)69(89)59-26-17-27-60(44-59)70(90)84(46-66(86)78-43-39-54-32-36-62(76)37-33-54)48-68(88)82-64(72(92)96-50-56-20-7-2-8-21-56)29-14-16-41-80-74(94)98-52-58-24-11-4-12-25-58/h1-12,17-27,30-37,44,63-64H,13-16,28-29,38-43,45-52H2,(H,77,85)(H,78,86)(H,79,93)(H,80,94)(H,81,87)(H,82,88)/t63-,64-/m0/s1. The maximum Gasteiger partial charge on any atom is 0.407 e. The van der Waals surface area contributed by atoms with E-state index in [2.05, 4.69) is 31.9 Å². The molecule has 7 aromatic rings. The molecule has 0 radical (unpaired) electrons. The normalized spacial score (nSPS) is 11.3. The van der Waals surface area contributed by atoms with E-state index < -0.39 is 109 Å². The van der Waals surface area contributed by atoms with Crippen LogP contribution in [0.2, 0.25) is 0 Å². The van der Waals surface area contributed by atoms with E-state index in [0.29, 0.717) is 35.1 Å². The summed E-state index contributed by atoms with van der Waals surface area (Å²) < 4.78 is 49.3. The van der Waals surface area contributed by atoms with E-state index in [1.165, 1.54) is 42.5 Å².